The van der Waals surface area contributed by atoms with Crippen molar-refractivity contribution in [3.05, 3.63) is 74.3 Å². The van der Waals surface area contributed by atoms with E-state index in [1.807, 2.05) is 0 Å². The molecule has 6 N–H and O–H groups in total. The molecule has 0 saturated carbocycles. The van der Waals surface area contributed by atoms with Crippen molar-refractivity contribution < 1.29 is 56.1 Å². The Morgan fingerprint density at radius 3 is 2.36 bits per heavy atom. The number of hydrogen-bond donors (Lipinski definition) is 6. The van der Waals surface area contributed by atoms with Crippen LogP contribution in [0.3, 0.4) is 0 Å². The predicted octanol–water partition coefficient (Wildman–Crippen LogP) is -0.219. The molecule has 5 unspecified atom stereocenters. The predicted molar refractivity (Wildman–Crippen MR) is 220 cm³/mol. The van der Waals surface area contributed by atoms with E-state index in [1.165, 1.54) is 23.2 Å². The quantitative estimate of drug-likeness (QED) is 0.0615. The summed E-state index contributed by atoms with van der Waals surface area (Å²) in [6.07, 6.45) is 2.19. The summed E-state index contributed by atoms with van der Waals surface area (Å²) in [4.78, 5) is 13.9. The number of ether oxygens (including phenoxy) is 2. The molecule has 0 radical (unpaired) electrons. The number of benzene rings is 3. The number of nitrogens with one attached hydrogen (secondary N) is 2. The van der Waals surface area contributed by atoms with E-state index < -0.39 is 68.2 Å². The monoisotopic (exact) mass is 880 g/mol. The van der Waals surface area contributed by atoms with Crippen LogP contribution in [0.15, 0.2) is 40.1 Å². The van der Waals surface area contributed by atoms with Gasteiger partial charge in [-0.15, -0.1) is 0 Å². The van der Waals surface area contributed by atoms with Gasteiger partial charge < -0.3 is 44.7 Å². The second-order valence-corrected chi connectivity index (χ2v) is 20.1. The number of carbonyl (C=O) groups excluding carboxylic acids is 1. The summed E-state index contributed by atoms with van der Waals surface area (Å²) in [6.45, 7) is 3.13. The van der Waals surface area contributed by atoms with Crippen LogP contribution in [0.2, 0.25) is 0 Å². The van der Waals surface area contributed by atoms with Gasteiger partial charge in [0, 0.05) is 77.6 Å². The summed E-state index contributed by atoms with van der Waals surface area (Å²) in [7, 11) is -9.51. The van der Waals surface area contributed by atoms with Crippen molar-refractivity contribution in [3.63, 3.8) is 0 Å². The molecular formula is C43H52N4O12S2. The minimum absolute atomic E-state index is 0.0321. The number of hydrogen-bond acceptors (Lipinski definition) is 13. The molecule has 0 aliphatic carbocycles. The van der Waals surface area contributed by atoms with Crippen LogP contribution in [0.1, 0.15) is 84.7 Å². The molecule has 328 valence electrons. The highest BCUT2D eigenvalue weighted by atomic mass is 32.2. The van der Waals surface area contributed by atoms with Crippen LogP contribution in [0.25, 0.3) is 5.57 Å². The zero-order chi connectivity index (χ0) is 42.8. The number of carbonyl (C=O) groups is 1. The first-order chi connectivity index (χ1) is 29.2. The van der Waals surface area contributed by atoms with Gasteiger partial charge in [-0.1, -0.05) is 12.5 Å². The SMILES string of the molecule is O=C(CCCCCNS(=O)(=O)c1ccc(C2=c3cc4c5c(c3Oc3c2cc2c6c3CCCN6CCC2)CCC[N+]=5CCC4)c(S(=O)(=O)[O-])c1)NC1C(O)OC(CO)C(O)C1O. The lowest BCUT2D eigenvalue weighted by Gasteiger charge is -2.40. The van der Waals surface area contributed by atoms with Gasteiger partial charge in [-0.05, 0) is 81.2 Å². The van der Waals surface area contributed by atoms with Gasteiger partial charge >= 0.3 is 0 Å². The van der Waals surface area contributed by atoms with Crippen molar-refractivity contribution in [2.24, 2.45) is 0 Å². The number of fused-ring (bicyclic) bond motifs is 4. The molecule has 1 amide bonds. The first-order valence-electron chi connectivity index (χ1n) is 21.4. The first kappa shape index (κ1) is 42.3. The Bertz CT molecular complexity index is 2630. The number of aryl methyl sites for hydroxylation is 2. The summed E-state index contributed by atoms with van der Waals surface area (Å²) in [6, 6.07) is 6.60. The zero-order valence-electron chi connectivity index (χ0n) is 33.8. The molecular weight excluding hydrogens is 829 g/mol. The Labute approximate surface area is 354 Å². The van der Waals surface area contributed by atoms with Crippen LogP contribution in [0.4, 0.5) is 5.69 Å². The highest BCUT2D eigenvalue weighted by Crippen LogP contribution is 2.49. The van der Waals surface area contributed by atoms with E-state index in [9.17, 15) is 46.6 Å². The van der Waals surface area contributed by atoms with E-state index in [1.54, 1.807) is 0 Å². The normalized spacial score (nSPS) is 24.3. The minimum Gasteiger partial charge on any atom is -0.744 e. The summed E-state index contributed by atoms with van der Waals surface area (Å²) in [5, 5.41) is 44.1. The van der Waals surface area contributed by atoms with Crippen LogP contribution >= 0.6 is 0 Å². The zero-order valence-corrected chi connectivity index (χ0v) is 35.4. The molecule has 3 aromatic rings. The molecule has 3 aromatic carbocycles. The standard InChI is InChI=1S/C43H52N4O12S2/c48-23-32-39(50)40(51)36(43(52)58-32)45-34(49)12-2-1-3-15-44-60(53,54)26-13-14-27(33(22-26)61(55,56)57)35-30-20-24-8-4-16-46-18-6-10-28(37(24)46)41(30)59-42-29-11-7-19-47-17-5-9-25(38(29)47)21-31(35)42/h13-14,20-22,32,36,39-40,43-44,48,50-52H,1-12,15-19,23H2,(H-,45,49,55,56,57). The lowest BCUT2D eigenvalue weighted by molar-refractivity contribution is -0.253. The second kappa shape index (κ2) is 16.6. The van der Waals surface area contributed by atoms with Crippen molar-refractivity contribution in [2.45, 2.75) is 117 Å². The Hall–Kier alpha value is -3.98. The fraction of sp³-hybridized carbons (Fsp3) is 0.535. The van der Waals surface area contributed by atoms with Gasteiger partial charge in [0.15, 0.2) is 6.29 Å². The van der Waals surface area contributed by atoms with Gasteiger partial charge in [0.1, 0.15) is 59.1 Å². The number of nitrogens with zero attached hydrogens (tertiary/aromatic N) is 2. The smallest absolute Gasteiger partial charge is 0.240 e. The second-order valence-electron chi connectivity index (χ2n) is 17.0. The fourth-order valence-corrected chi connectivity index (χ4v) is 12.2. The summed E-state index contributed by atoms with van der Waals surface area (Å²) in [5.74, 6) is 0.814. The summed E-state index contributed by atoms with van der Waals surface area (Å²) >= 11 is 0. The molecule has 18 heteroatoms. The van der Waals surface area contributed by atoms with E-state index in [0.29, 0.717) is 47.1 Å². The molecule has 6 heterocycles. The number of aliphatic hydroxyl groups excluding tert-OH is 4. The molecule has 6 aliphatic heterocycles. The first-order valence-corrected chi connectivity index (χ1v) is 24.3. The van der Waals surface area contributed by atoms with Gasteiger partial charge in [-0.25, -0.2) is 26.1 Å². The maximum Gasteiger partial charge on any atom is 0.240 e. The number of aliphatic hydroxyl groups is 4. The van der Waals surface area contributed by atoms with Crippen molar-refractivity contribution in [1.82, 2.24) is 14.6 Å². The van der Waals surface area contributed by atoms with Crippen molar-refractivity contribution in [2.75, 3.05) is 44.2 Å². The number of rotatable bonds is 12. The highest BCUT2D eigenvalue weighted by Gasteiger charge is 2.44. The Kier molecular flexibility index (Phi) is 11.5. The van der Waals surface area contributed by atoms with E-state index in [0.717, 1.165) is 106 Å². The van der Waals surface area contributed by atoms with Crippen molar-refractivity contribution >= 4 is 37.3 Å². The maximum absolute atomic E-state index is 13.6. The van der Waals surface area contributed by atoms with Crippen LogP contribution in [-0.4, -0.2) is 118 Å². The van der Waals surface area contributed by atoms with E-state index in [-0.39, 0.29) is 23.4 Å². The van der Waals surface area contributed by atoms with Gasteiger partial charge in [0.2, 0.25) is 21.3 Å². The Morgan fingerprint density at radius 2 is 1.59 bits per heavy atom. The number of amides is 1. The number of sulfonamides is 1. The molecule has 1 fully saturated rings. The van der Waals surface area contributed by atoms with E-state index in [4.69, 9.17) is 9.47 Å². The van der Waals surface area contributed by atoms with Crippen LogP contribution < -0.4 is 34.8 Å². The minimum atomic E-state index is -5.22. The molecule has 16 nitrogen and oxygen atoms in total. The summed E-state index contributed by atoms with van der Waals surface area (Å²) < 4.78 is 84.2. The van der Waals surface area contributed by atoms with Crippen molar-refractivity contribution in [3.8, 4) is 11.5 Å². The Balaban J connectivity index is 0.999. The number of anilines is 1. The molecule has 5 atom stereocenters. The highest BCUT2D eigenvalue weighted by molar-refractivity contribution is 7.89. The van der Waals surface area contributed by atoms with Gasteiger partial charge in [0.25, 0.3) is 0 Å². The third-order valence-corrected chi connectivity index (χ3v) is 15.4. The molecule has 0 spiro atoms. The Morgan fingerprint density at radius 1 is 0.852 bits per heavy atom. The molecule has 61 heavy (non-hydrogen) atoms. The third-order valence-electron chi connectivity index (χ3n) is 13.1. The maximum atomic E-state index is 13.6. The fourth-order valence-electron chi connectivity index (χ4n) is 10.3. The average Bonchev–Trinajstić information content (AvgIpc) is 3.24. The van der Waals surface area contributed by atoms with Crippen LogP contribution in [0, 0.1) is 0 Å². The summed E-state index contributed by atoms with van der Waals surface area (Å²) in [5.41, 5.74) is 7.06. The van der Waals surface area contributed by atoms with Crippen molar-refractivity contribution in [1.29, 1.82) is 0 Å². The van der Waals surface area contributed by atoms with Crippen LogP contribution in [0.5, 0.6) is 11.5 Å². The topological polar surface area (TPSA) is 238 Å². The number of unbranched alkanes of at least 4 members (excludes halogenated alkanes) is 2. The molecule has 9 rings (SSSR count). The van der Waals surface area contributed by atoms with Gasteiger partial charge in [-0.3, -0.25) is 4.79 Å². The molecule has 0 aromatic heterocycles. The van der Waals surface area contributed by atoms with Gasteiger partial charge in [0.05, 0.1) is 22.0 Å². The van der Waals surface area contributed by atoms with Crippen LogP contribution in [-0.2, 0) is 55.4 Å². The van der Waals surface area contributed by atoms with E-state index in [2.05, 4.69) is 31.6 Å². The average molecular weight is 881 g/mol. The third kappa shape index (κ3) is 7.77. The molecule has 0 bridgehead atoms. The lowest BCUT2D eigenvalue weighted by Crippen LogP contribution is -2.64. The molecule has 1 saturated heterocycles. The lowest BCUT2D eigenvalue weighted by atomic mass is 9.82. The van der Waals surface area contributed by atoms with E-state index >= 15 is 0 Å². The van der Waals surface area contributed by atoms with Gasteiger partial charge in [-0.2, -0.15) is 0 Å². The largest absolute Gasteiger partial charge is 0.744 e. The molecule has 6 aliphatic rings.